The van der Waals surface area contributed by atoms with Crippen molar-refractivity contribution < 1.29 is 14.8 Å². The fraction of sp³-hybridized carbons (Fsp3) is 0.500. The molecule has 6 nitrogen and oxygen atoms in total. The summed E-state index contributed by atoms with van der Waals surface area (Å²) < 4.78 is 0. The van der Waals surface area contributed by atoms with Crippen LogP contribution in [0.5, 0.6) is 0 Å². The molecule has 1 aliphatic rings. The number of hydrogen-bond donors (Lipinski definition) is 1. The van der Waals surface area contributed by atoms with Crippen LogP contribution in [-0.2, 0) is 0 Å². The Morgan fingerprint density at radius 2 is 2.25 bits per heavy atom. The molecule has 0 amide bonds. The van der Waals surface area contributed by atoms with Gasteiger partial charge >= 0.3 is 5.97 Å². The Hall–Kier alpha value is -2.11. The van der Waals surface area contributed by atoms with Crippen molar-refractivity contribution in [3.63, 3.8) is 0 Å². The molecule has 0 aliphatic carbocycles. The molecule has 1 aromatic carbocycles. The van der Waals surface area contributed by atoms with Gasteiger partial charge in [0.05, 0.1) is 10.5 Å². The van der Waals surface area contributed by atoms with Crippen molar-refractivity contribution in [1.29, 1.82) is 0 Å². The predicted molar refractivity (Wildman–Crippen MR) is 75.3 cm³/mol. The topological polar surface area (TPSA) is 83.7 Å². The number of nitrogens with zero attached hydrogens (tertiary/aromatic N) is 2. The van der Waals surface area contributed by atoms with Gasteiger partial charge in [-0.2, -0.15) is 0 Å². The van der Waals surface area contributed by atoms with Crippen molar-refractivity contribution >= 4 is 17.3 Å². The normalized spacial score (nSPS) is 18.9. The standard InChI is InChI=1S/C14H18N2O4/c1-2-10-6-3-4-9-15(10)13-11(14(17)18)7-5-8-12(13)16(19)20/h5,7-8,10H,2-4,6,9H2,1H3,(H,17,18). The van der Waals surface area contributed by atoms with E-state index in [1.54, 1.807) is 0 Å². The zero-order valence-electron chi connectivity index (χ0n) is 11.4. The van der Waals surface area contributed by atoms with E-state index in [4.69, 9.17) is 0 Å². The maximum atomic E-state index is 11.4. The molecule has 1 unspecified atom stereocenters. The van der Waals surface area contributed by atoms with Crippen LogP contribution >= 0.6 is 0 Å². The molecule has 6 heteroatoms. The van der Waals surface area contributed by atoms with Crippen LogP contribution in [0, 0.1) is 10.1 Å². The monoisotopic (exact) mass is 278 g/mol. The van der Waals surface area contributed by atoms with Gasteiger partial charge in [-0.05, 0) is 31.7 Å². The summed E-state index contributed by atoms with van der Waals surface area (Å²) in [6.07, 6.45) is 3.81. The number of nitro groups is 1. The molecular formula is C14H18N2O4. The van der Waals surface area contributed by atoms with E-state index < -0.39 is 10.9 Å². The summed E-state index contributed by atoms with van der Waals surface area (Å²) in [5, 5.41) is 20.5. The van der Waals surface area contributed by atoms with Gasteiger partial charge in [0.1, 0.15) is 5.69 Å². The fourth-order valence-corrected chi connectivity index (χ4v) is 2.87. The van der Waals surface area contributed by atoms with Crippen LogP contribution in [0.1, 0.15) is 43.0 Å². The number of nitro benzene ring substituents is 1. The van der Waals surface area contributed by atoms with E-state index in [1.807, 2.05) is 11.8 Å². The van der Waals surface area contributed by atoms with Crippen LogP contribution < -0.4 is 4.90 Å². The van der Waals surface area contributed by atoms with Gasteiger partial charge in [0.25, 0.3) is 5.69 Å². The molecule has 0 radical (unpaired) electrons. The van der Waals surface area contributed by atoms with Crippen molar-refractivity contribution in [1.82, 2.24) is 0 Å². The van der Waals surface area contributed by atoms with Crippen molar-refractivity contribution in [2.75, 3.05) is 11.4 Å². The third kappa shape index (κ3) is 2.59. The van der Waals surface area contributed by atoms with E-state index in [-0.39, 0.29) is 23.0 Å². The molecule has 1 N–H and O–H groups in total. The Labute approximate surface area is 117 Å². The number of carboxylic acid groups (broad SMARTS) is 1. The molecule has 1 fully saturated rings. The lowest BCUT2D eigenvalue weighted by Gasteiger charge is -2.37. The number of piperidine rings is 1. The smallest absolute Gasteiger partial charge is 0.338 e. The van der Waals surface area contributed by atoms with Gasteiger partial charge in [-0.25, -0.2) is 4.79 Å². The number of benzene rings is 1. The third-order valence-electron chi connectivity index (χ3n) is 3.83. The maximum absolute atomic E-state index is 11.4. The quantitative estimate of drug-likeness (QED) is 0.676. The number of aromatic carboxylic acids is 1. The second kappa shape index (κ2) is 5.90. The molecule has 0 aromatic heterocycles. The highest BCUT2D eigenvalue weighted by Gasteiger charge is 2.31. The average Bonchev–Trinajstić information content (AvgIpc) is 2.46. The van der Waals surface area contributed by atoms with Gasteiger partial charge in [-0.3, -0.25) is 10.1 Å². The molecule has 0 bridgehead atoms. The number of hydrogen-bond acceptors (Lipinski definition) is 4. The van der Waals surface area contributed by atoms with Gasteiger partial charge in [0.15, 0.2) is 0 Å². The van der Waals surface area contributed by atoms with Crippen LogP contribution in [0.3, 0.4) is 0 Å². The fourth-order valence-electron chi connectivity index (χ4n) is 2.87. The largest absolute Gasteiger partial charge is 0.478 e. The van der Waals surface area contributed by atoms with E-state index in [2.05, 4.69) is 0 Å². The van der Waals surface area contributed by atoms with E-state index in [1.165, 1.54) is 18.2 Å². The van der Waals surface area contributed by atoms with Crippen LogP contribution in [0.2, 0.25) is 0 Å². The summed E-state index contributed by atoms with van der Waals surface area (Å²) in [7, 11) is 0. The van der Waals surface area contributed by atoms with E-state index in [0.29, 0.717) is 6.54 Å². The summed E-state index contributed by atoms with van der Waals surface area (Å²) in [6, 6.07) is 4.41. The lowest BCUT2D eigenvalue weighted by Crippen LogP contribution is -2.40. The molecule has 2 rings (SSSR count). The van der Waals surface area contributed by atoms with E-state index in [9.17, 15) is 20.0 Å². The van der Waals surface area contributed by atoms with Crippen molar-refractivity contribution in [2.45, 2.75) is 38.6 Å². The Morgan fingerprint density at radius 1 is 1.50 bits per heavy atom. The minimum Gasteiger partial charge on any atom is -0.478 e. The predicted octanol–water partition coefficient (Wildman–Crippen LogP) is 3.06. The van der Waals surface area contributed by atoms with Crippen molar-refractivity contribution in [3.8, 4) is 0 Å². The molecule has 1 aromatic rings. The first-order valence-electron chi connectivity index (χ1n) is 6.83. The average molecular weight is 278 g/mol. The molecule has 20 heavy (non-hydrogen) atoms. The number of carbonyl (C=O) groups is 1. The summed E-state index contributed by atoms with van der Waals surface area (Å²) in [5.41, 5.74) is 0.154. The molecule has 1 atom stereocenters. The third-order valence-corrected chi connectivity index (χ3v) is 3.83. The number of carboxylic acids is 1. The molecule has 1 aliphatic heterocycles. The number of anilines is 1. The SMILES string of the molecule is CCC1CCCCN1c1c(C(=O)O)cccc1[N+](=O)[O-]. The van der Waals surface area contributed by atoms with Gasteiger partial charge in [0, 0.05) is 18.7 Å². The highest BCUT2D eigenvalue weighted by molar-refractivity contribution is 5.97. The number of rotatable bonds is 4. The first-order valence-corrected chi connectivity index (χ1v) is 6.83. The highest BCUT2D eigenvalue weighted by atomic mass is 16.6. The highest BCUT2D eigenvalue weighted by Crippen LogP contribution is 2.36. The number of para-hydroxylation sites is 1. The van der Waals surface area contributed by atoms with Gasteiger partial charge in [-0.15, -0.1) is 0 Å². The summed E-state index contributed by atoms with van der Waals surface area (Å²) in [6.45, 7) is 2.70. The molecular weight excluding hydrogens is 260 g/mol. The zero-order valence-corrected chi connectivity index (χ0v) is 11.4. The lowest BCUT2D eigenvalue weighted by atomic mass is 9.97. The molecule has 108 valence electrons. The van der Waals surface area contributed by atoms with E-state index >= 15 is 0 Å². The first-order chi connectivity index (χ1) is 9.56. The van der Waals surface area contributed by atoms with Crippen molar-refractivity contribution in [2.24, 2.45) is 0 Å². The van der Waals surface area contributed by atoms with E-state index in [0.717, 1.165) is 25.7 Å². The minimum absolute atomic E-state index is 0.0135. The van der Waals surface area contributed by atoms with Crippen molar-refractivity contribution in [3.05, 3.63) is 33.9 Å². The van der Waals surface area contributed by atoms with Crippen LogP contribution in [0.15, 0.2) is 18.2 Å². The van der Waals surface area contributed by atoms with Gasteiger partial charge in [0.2, 0.25) is 0 Å². The molecule has 0 saturated carbocycles. The summed E-state index contributed by atoms with van der Waals surface area (Å²) in [4.78, 5) is 24.0. The molecule has 1 heterocycles. The Balaban J connectivity index is 2.56. The van der Waals surface area contributed by atoms with Gasteiger partial charge < -0.3 is 10.0 Å². The van der Waals surface area contributed by atoms with Crippen LogP contribution in [-0.4, -0.2) is 28.6 Å². The van der Waals surface area contributed by atoms with Crippen LogP contribution in [0.25, 0.3) is 0 Å². The lowest BCUT2D eigenvalue weighted by molar-refractivity contribution is -0.384. The van der Waals surface area contributed by atoms with Gasteiger partial charge in [-0.1, -0.05) is 13.0 Å². The van der Waals surface area contributed by atoms with Crippen LogP contribution in [0.4, 0.5) is 11.4 Å². The molecule has 0 spiro atoms. The summed E-state index contributed by atoms with van der Waals surface area (Å²) in [5.74, 6) is -1.12. The molecule has 1 saturated heterocycles. The second-order valence-corrected chi connectivity index (χ2v) is 4.99. The Morgan fingerprint density at radius 3 is 2.85 bits per heavy atom. The Bertz CT molecular complexity index is 498. The minimum atomic E-state index is -1.12. The Kier molecular flexibility index (Phi) is 4.22. The zero-order chi connectivity index (χ0) is 14.7. The first kappa shape index (κ1) is 14.3. The maximum Gasteiger partial charge on any atom is 0.338 e. The summed E-state index contributed by atoms with van der Waals surface area (Å²) >= 11 is 0. The second-order valence-electron chi connectivity index (χ2n) is 4.99.